The predicted octanol–water partition coefficient (Wildman–Crippen LogP) is 4.08. The van der Waals surface area contributed by atoms with Crippen molar-refractivity contribution in [3.8, 4) is 0 Å². The summed E-state index contributed by atoms with van der Waals surface area (Å²) in [7, 11) is 1.70. The van der Waals surface area contributed by atoms with Crippen molar-refractivity contribution in [3.05, 3.63) is 34.9 Å². The fraction of sp³-hybridized carbons (Fsp3) is 0.500. The van der Waals surface area contributed by atoms with Crippen LogP contribution in [0.15, 0.2) is 18.2 Å². The summed E-state index contributed by atoms with van der Waals surface area (Å²) in [5, 5.41) is -0.427. The molecule has 3 heteroatoms. The average molecular weight is 254 g/mol. The van der Waals surface area contributed by atoms with Gasteiger partial charge >= 0.3 is 5.37 Å². The van der Waals surface area contributed by atoms with Gasteiger partial charge in [0.05, 0.1) is 0 Å². The van der Waals surface area contributed by atoms with Crippen molar-refractivity contribution in [2.45, 2.75) is 39.7 Å². The van der Waals surface area contributed by atoms with Crippen molar-refractivity contribution in [2.75, 3.05) is 7.05 Å². The summed E-state index contributed by atoms with van der Waals surface area (Å²) in [6.45, 7) is 9.19. The molecule has 0 unspecified atom stereocenters. The molecule has 0 saturated heterocycles. The Labute approximate surface area is 109 Å². The van der Waals surface area contributed by atoms with Gasteiger partial charge in [0.2, 0.25) is 0 Å². The van der Waals surface area contributed by atoms with Crippen molar-refractivity contribution in [3.63, 3.8) is 0 Å². The van der Waals surface area contributed by atoms with Crippen LogP contribution < -0.4 is 0 Å². The van der Waals surface area contributed by atoms with Crippen LogP contribution >= 0.6 is 11.6 Å². The molecule has 0 atom stereocenters. The monoisotopic (exact) mass is 253 g/mol. The van der Waals surface area contributed by atoms with Gasteiger partial charge in [0, 0.05) is 13.6 Å². The SMILES string of the molecule is Cc1cc(C(C)(C)C)ccc1CN(C)C(=O)Cl. The van der Waals surface area contributed by atoms with Crippen LogP contribution in [-0.4, -0.2) is 17.3 Å². The standard InChI is InChI=1S/C14H20ClNO/c1-10-8-12(14(2,3)4)7-6-11(10)9-16(5)13(15)17/h6-8H,9H2,1-5H3. The van der Waals surface area contributed by atoms with Gasteiger partial charge in [0.25, 0.3) is 0 Å². The Bertz CT molecular complexity index is 421. The van der Waals surface area contributed by atoms with Crippen molar-refractivity contribution in [1.82, 2.24) is 4.90 Å². The number of amides is 1. The molecule has 0 aliphatic heterocycles. The lowest BCUT2D eigenvalue weighted by Gasteiger charge is -2.21. The third kappa shape index (κ3) is 3.74. The number of hydrogen-bond acceptors (Lipinski definition) is 1. The zero-order valence-corrected chi connectivity index (χ0v) is 11.9. The molecule has 0 aromatic heterocycles. The first-order chi connectivity index (χ1) is 7.71. The number of hydrogen-bond donors (Lipinski definition) is 0. The number of nitrogens with zero attached hydrogens (tertiary/aromatic N) is 1. The Morgan fingerprint density at radius 3 is 2.35 bits per heavy atom. The highest BCUT2D eigenvalue weighted by atomic mass is 35.5. The summed E-state index contributed by atoms with van der Waals surface area (Å²) in [6.07, 6.45) is 0. The maximum absolute atomic E-state index is 11.0. The highest BCUT2D eigenvalue weighted by Crippen LogP contribution is 2.24. The normalized spacial score (nSPS) is 11.4. The molecule has 1 aromatic rings. The van der Waals surface area contributed by atoms with Crippen LogP contribution in [0, 0.1) is 6.92 Å². The smallest absolute Gasteiger partial charge is 0.316 e. The Morgan fingerprint density at radius 1 is 1.35 bits per heavy atom. The summed E-state index contributed by atoms with van der Waals surface area (Å²) in [6, 6.07) is 6.38. The Hall–Kier alpha value is -1.02. The predicted molar refractivity (Wildman–Crippen MR) is 72.6 cm³/mol. The molecular formula is C14H20ClNO. The minimum atomic E-state index is -0.427. The molecule has 0 fully saturated rings. The van der Waals surface area contributed by atoms with E-state index in [4.69, 9.17) is 11.6 Å². The largest absolute Gasteiger partial charge is 0.328 e. The van der Waals surface area contributed by atoms with Crippen LogP contribution in [0.3, 0.4) is 0 Å². The lowest BCUT2D eigenvalue weighted by atomic mass is 9.85. The van der Waals surface area contributed by atoms with Crippen molar-refractivity contribution in [2.24, 2.45) is 0 Å². The molecule has 0 radical (unpaired) electrons. The summed E-state index contributed by atoms with van der Waals surface area (Å²) in [5.74, 6) is 0. The molecule has 0 aliphatic carbocycles. The molecule has 1 amide bonds. The van der Waals surface area contributed by atoms with E-state index in [0.29, 0.717) is 6.54 Å². The summed E-state index contributed by atoms with van der Waals surface area (Å²) >= 11 is 5.42. The van der Waals surface area contributed by atoms with E-state index in [1.807, 2.05) is 0 Å². The maximum atomic E-state index is 11.0. The van der Waals surface area contributed by atoms with E-state index in [0.717, 1.165) is 5.56 Å². The first-order valence-corrected chi connectivity index (χ1v) is 6.10. The number of halogens is 1. The van der Waals surface area contributed by atoms with Crippen LogP contribution in [0.1, 0.15) is 37.5 Å². The van der Waals surface area contributed by atoms with Gasteiger partial charge in [0.15, 0.2) is 0 Å². The number of rotatable bonds is 2. The van der Waals surface area contributed by atoms with Gasteiger partial charge in [-0.05, 0) is 40.6 Å². The Balaban J connectivity index is 2.95. The zero-order chi connectivity index (χ0) is 13.2. The summed E-state index contributed by atoms with van der Waals surface area (Å²) in [4.78, 5) is 12.5. The van der Waals surface area contributed by atoms with Gasteiger partial charge < -0.3 is 4.90 Å². The van der Waals surface area contributed by atoms with Crippen LogP contribution in [-0.2, 0) is 12.0 Å². The third-order valence-corrected chi connectivity index (χ3v) is 3.20. The Kier molecular flexibility index (Phi) is 4.21. The second-order valence-electron chi connectivity index (χ2n) is 5.50. The highest BCUT2D eigenvalue weighted by Gasteiger charge is 2.15. The Morgan fingerprint density at radius 2 is 1.94 bits per heavy atom. The maximum Gasteiger partial charge on any atom is 0.316 e. The van der Waals surface area contributed by atoms with E-state index in [9.17, 15) is 4.79 Å². The van der Waals surface area contributed by atoms with Gasteiger partial charge in [-0.25, -0.2) is 0 Å². The molecule has 0 saturated carbocycles. The van der Waals surface area contributed by atoms with Gasteiger partial charge in [-0.3, -0.25) is 4.79 Å². The fourth-order valence-corrected chi connectivity index (χ4v) is 1.72. The van der Waals surface area contributed by atoms with E-state index in [1.165, 1.54) is 16.0 Å². The molecule has 94 valence electrons. The van der Waals surface area contributed by atoms with Crippen molar-refractivity contribution >= 4 is 17.0 Å². The van der Waals surface area contributed by atoms with Crippen molar-refractivity contribution < 1.29 is 4.79 Å². The first-order valence-electron chi connectivity index (χ1n) is 5.72. The highest BCUT2D eigenvalue weighted by molar-refractivity contribution is 6.62. The molecular weight excluding hydrogens is 234 g/mol. The van der Waals surface area contributed by atoms with Crippen LogP contribution in [0.2, 0.25) is 0 Å². The molecule has 2 nitrogen and oxygen atoms in total. The molecule has 0 aliphatic rings. The molecule has 0 spiro atoms. The lowest BCUT2D eigenvalue weighted by molar-refractivity contribution is 0.230. The van der Waals surface area contributed by atoms with E-state index < -0.39 is 5.37 Å². The van der Waals surface area contributed by atoms with Crippen LogP contribution in [0.5, 0.6) is 0 Å². The van der Waals surface area contributed by atoms with Crippen molar-refractivity contribution in [1.29, 1.82) is 0 Å². The zero-order valence-electron chi connectivity index (χ0n) is 11.2. The van der Waals surface area contributed by atoms with Crippen LogP contribution in [0.25, 0.3) is 0 Å². The molecule has 1 aromatic carbocycles. The lowest BCUT2D eigenvalue weighted by Crippen LogP contribution is -2.21. The molecule has 0 heterocycles. The molecule has 0 bridgehead atoms. The van der Waals surface area contributed by atoms with E-state index >= 15 is 0 Å². The number of aryl methyl sites for hydroxylation is 1. The second-order valence-corrected chi connectivity index (χ2v) is 5.82. The van der Waals surface area contributed by atoms with Gasteiger partial charge in [-0.1, -0.05) is 39.0 Å². The third-order valence-electron chi connectivity index (χ3n) is 2.92. The second kappa shape index (κ2) is 5.09. The summed E-state index contributed by atoms with van der Waals surface area (Å²) < 4.78 is 0. The minimum absolute atomic E-state index is 0.150. The molecule has 0 N–H and O–H groups in total. The quantitative estimate of drug-likeness (QED) is 0.574. The van der Waals surface area contributed by atoms with Gasteiger partial charge in [-0.15, -0.1) is 0 Å². The van der Waals surface area contributed by atoms with E-state index in [2.05, 4.69) is 45.9 Å². The summed E-state index contributed by atoms with van der Waals surface area (Å²) in [5.41, 5.74) is 3.78. The molecule has 1 rings (SSSR count). The number of benzene rings is 1. The topological polar surface area (TPSA) is 20.3 Å². The van der Waals surface area contributed by atoms with Gasteiger partial charge in [0.1, 0.15) is 0 Å². The molecule has 17 heavy (non-hydrogen) atoms. The van der Waals surface area contributed by atoms with Crippen LogP contribution in [0.4, 0.5) is 4.79 Å². The number of carbonyl (C=O) groups excluding carboxylic acids is 1. The van der Waals surface area contributed by atoms with E-state index in [1.54, 1.807) is 7.05 Å². The first kappa shape index (κ1) is 14.0. The average Bonchev–Trinajstić information content (AvgIpc) is 2.19. The van der Waals surface area contributed by atoms with E-state index in [-0.39, 0.29) is 5.41 Å². The minimum Gasteiger partial charge on any atom is -0.328 e. The van der Waals surface area contributed by atoms with Gasteiger partial charge in [-0.2, -0.15) is 0 Å². The fourth-order valence-electron chi connectivity index (χ4n) is 1.66. The number of carbonyl (C=O) groups is 1.